The van der Waals surface area contributed by atoms with Crippen molar-refractivity contribution in [2.75, 3.05) is 0 Å². The van der Waals surface area contributed by atoms with E-state index in [2.05, 4.69) is 126 Å². The van der Waals surface area contributed by atoms with Gasteiger partial charge in [0.25, 0.3) is 0 Å². The lowest BCUT2D eigenvalue weighted by Crippen LogP contribution is -2.00. The van der Waals surface area contributed by atoms with Gasteiger partial charge in [-0.3, -0.25) is 0 Å². The summed E-state index contributed by atoms with van der Waals surface area (Å²) in [4.78, 5) is 14.9. The number of aromatic nitrogens is 4. The summed E-state index contributed by atoms with van der Waals surface area (Å²) in [7, 11) is 0. The number of para-hydroxylation sites is 1. The zero-order valence-electron chi connectivity index (χ0n) is 26.6. The molecule has 7 aromatic carbocycles. The molecule has 0 unspecified atom stereocenters. The molecule has 230 valence electrons. The monoisotopic (exact) mass is 626 g/mol. The van der Waals surface area contributed by atoms with Crippen molar-refractivity contribution >= 4 is 21.8 Å². The molecule has 2 aromatic heterocycles. The molecular weight excluding hydrogens is 597 g/mol. The fraction of sp³-hybridized carbons (Fsp3) is 0. The van der Waals surface area contributed by atoms with E-state index in [1.54, 1.807) is 0 Å². The first-order valence-corrected chi connectivity index (χ1v) is 16.5. The lowest BCUT2D eigenvalue weighted by atomic mass is 9.94. The maximum Gasteiger partial charge on any atom is 0.164 e. The van der Waals surface area contributed by atoms with Crippen molar-refractivity contribution in [2.45, 2.75) is 0 Å². The first kappa shape index (κ1) is 28.6. The Morgan fingerprint density at radius 3 is 1.22 bits per heavy atom. The predicted octanol–water partition coefficient (Wildman–Crippen LogP) is 11.3. The zero-order valence-corrected chi connectivity index (χ0v) is 26.6. The molecule has 0 N–H and O–H groups in total. The van der Waals surface area contributed by atoms with Crippen LogP contribution in [0, 0.1) is 0 Å². The Hall–Kier alpha value is -6.65. The average Bonchev–Trinajstić information content (AvgIpc) is 3.52. The van der Waals surface area contributed by atoms with Crippen LogP contribution in [0.25, 0.3) is 83.9 Å². The third-order valence-electron chi connectivity index (χ3n) is 9.06. The fourth-order valence-corrected chi connectivity index (χ4v) is 6.72. The molecule has 0 aliphatic carbocycles. The molecule has 0 bridgehead atoms. The smallest absolute Gasteiger partial charge is 0.164 e. The summed E-state index contributed by atoms with van der Waals surface area (Å²) in [5.74, 6) is 1.93. The van der Waals surface area contributed by atoms with Gasteiger partial charge in [-0.2, -0.15) is 0 Å². The summed E-state index contributed by atoms with van der Waals surface area (Å²) in [5, 5.41) is 2.36. The molecule has 49 heavy (non-hydrogen) atoms. The maximum atomic E-state index is 5.02. The van der Waals surface area contributed by atoms with Crippen molar-refractivity contribution in [1.29, 1.82) is 0 Å². The van der Waals surface area contributed by atoms with Crippen molar-refractivity contribution < 1.29 is 0 Å². The largest absolute Gasteiger partial charge is 0.309 e. The van der Waals surface area contributed by atoms with Crippen LogP contribution in [0.4, 0.5) is 0 Å². The summed E-state index contributed by atoms with van der Waals surface area (Å²) in [6.45, 7) is 0. The molecule has 2 heterocycles. The third kappa shape index (κ3) is 5.26. The van der Waals surface area contributed by atoms with Crippen molar-refractivity contribution in [3.05, 3.63) is 182 Å². The molecule has 0 atom stereocenters. The van der Waals surface area contributed by atoms with Gasteiger partial charge in [-0.25, -0.2) is 15.0 Å². The highest BCUT2D eigenvalue weighted by atomic mass is 15.0. The molecule has 4 nitrogen and oxygen atoms in total. The minimum Gasteiger partial charge on any atom is -0.309 e. The highest BCUT2D eigenvalue weighted by molar-refractivity contribution is 6.11. The van der Waals surface area contributed by atoms with Crippen molar-refractivity contribution in [2.24, 2.45) is 0 Å². The number of benzene rings is 7. The van der Waals surface area contributed by atoms with Gasteiger partial charge in [0.15, 0.2) is 17.5 Å². The van der Waals surface area contributed by atoms with Gasteiger partial charge in [-0.05, 0) is 46.5 Å². The van der Waals surface area contributed by atoms with E-state index in [1.807, 2.05) is 60.7 Å². The molecule has 0 amide bonds. The van der Waals surface area contributed by atoms with E-state index in [-0.39, 0.29) is 0 Å². The van der Waals surface area contributed by atoms with E-state index in [0.717, 1.165) is 33.4 Å². The molecule has 0 fully saturated rings. The minimum absolute atomic E-state index is 0.636. The van der Waals surface area contributed by atoms with Gasteiger partial charge >= 0.3 is 0 Å². The van der Waals surface area contributed by atoms with E-state index in [9.17, 15) is 0 Å². The molecule has 0 saturated heterocycles. The zero-order chi connectivity index (χ0) is 32.6. The van der Waals surface area contributed by atoms with Crippen LogP contribution in [0.2, 0.25) is 0 Å². The van der Waals surface area contributed by atoms with E-state index in [0.29, 0.717) is 17.5 Å². The van der Waals surface area contributed by atoms with Crippen molar-refractivity contribution in [3.8, 4) is 62.1 Å². The normalized spacial score (nSPS) is 11.3. The molecule has 0 spiro atoms. The molecule has 0 aliphatic heterocycles. The van der Waals surface area contributed by atoms with E-state index >= 15 is 0 Å². The molecule has 0 saturated carbocycles. The molecule has 4 heteroatoms. The van der Waals surface area contributed by atoms with Crippen LogP contribution in [-0.4, -0.2) is 19.5 Å². The number of hydrogen-bond acceptors (Lipinski definition) is 3. The Balaban J connectivity index is 1.26. The second-order valence-corrected chi connectivity index (χ2v) is 12.1. The van der Waals surface area contributed by atoms with Crippen LogP contribution in [0.15, 0.2) is 182 Å². The Kier molecular flexibility index (Phi) is 7.10. The van der Waals surface area contributed by atoms with Gasteiger partial charge in [0.1, 0.15) is 0 Å². The second kappa shape index (κ2) is 12.2. The first-order chi connectivity index (χ1) is 24.3. The summed E-state index contributed by atoms with van der Waals surface area (Å²) in [5.41, 5.74) is 11.0. The molecule has 0 radical (unpaired) electrons. The number of hydrogen-bond donors (Lipinski definition) is 0. The van der Waals surface area contributed by atoms with Crippen LogP contribution in [-0.2, 0) is 0 Å². The minimum atomic E-state index is 0.636. The van der Waals surface area contributed by atoms with Gasteiger partial charge < -0.3 is 4.57 Å². The summed E-state index contributed by atoms with van der Waals surface area (Å²) in [6.07, 6.45) is 0. The van der Waals surface area contributed by atoms with Gasteiger partial charge in [-0.15, -0.1) is 0 Å². The quantitative estimate of drug-likeness (QED) is 0.184. The van der Waals surface area contributed by atoms with Crippen LogP contribution in [0.3, 0.4) is 0 Å². The molecule has 9 rings (SSSR count). The van der Waals surface area contributed by atoms with Crippen LogP contribution in [0.1, 0.15) is 0 Å². The Morgan fingerprint density at radius 1 is 0.306 bits per heavy atom. The van der Waals surface area contributed by atoms with Crippen LogP contribution >= 0.6 is 0 Å². The van der Waals surface area contributed by atoms with Crippen LogP contribution < -0.4 is 0 Å². The Labute approximate surface area is 284 Å². The average molecular weight is 627 g/mol. The number of nitrogens with zero attached hydrogens (tertiary/aromatic N) is 4. The SMILES string of the molecule is c1ccc(-c2nc(-c3ccccc3)nc(-c3ccc4c5ccc(-c6ccccc6-c6ccccc6)cc5n(-c5ccccc5)c4c3)n2)cc1. The lowest BCUT2D eigenvalue weighted by Gasteiger charge is -2.12. The topological polar surface area (TPSA) is 43.6 Å². The van der Waals surface area contributed by atoms with Gasteiger partial charge in [0.05, 0.1) is 11.0 Å². The van der Waals surface area contributed by atoms with Crippen molar-refractivity contribution in [1.82, 2.24) is 19.5 Å². The molecular formula is C45H30N4. The third-order valence-corrected chi connectivity index (χ3v) is 9.06. The predicted molar refractivity (Wildman–Crippen MR) is 201 cm³/mol. The van der Waals surface area contributed by atoms with Gasteiger partial charge in [-0.1, -0.05) is 158 Å². The summed E-state index contributed by atoms with van der Waals surface area (Å²) in [6, 6.07) is 63.4. The van der Waals surface area contributed by atoms with Gasteiger partial charge in [0.2, 0.25) is 0 Å². The van der Waals surface area contributed by atoms with E-state index in [4.69, 9.17) is 15.0 Å². The van der Waals surface area contributed by atoms with E-state index in [1.165, 1.54) is 33.0 Å². The summed E-state index contributed by atoms with van der Waals surface area (Å²) >= 11 is 0. The highest BCUT2D eigenvalue weighted by Crippen LogP contribution is 2.39. The van der Waals surface area contributed by atoms with Crippen molar-refractivity contribution in [3.63, 3.8) is 0 Å². The highest BCUT2D eigenvalue weighted by Gasteiger charge is 2.18. The lowest BCUT2D eigenvalue weighted by molar-refractivity contribution is 1.07. The molecule has 0 aliphatic rings. The number of rotatable bonds is 6. The maximum absolute atomic E-state index is 5.02. The first-order valence-electron chi connectivity index (χ1n) is 16.5. The standard InChI is InChI=1S/C45H30N4/c1-5-15-31(16-6-1)37-23-13-14-24-38(37)34-25-27-39-40-28-26-35(30-42(40)49(41(39)29-34)36-21-11-4-12-22-36)45-47-43(32-17-7-2-8-18-32)46-44(48-45)33-19-9-3-10-20-33/h1-30H. The Bertz CT molecular complexity index is 2520. The van der Waals surface area contributed by atoms with E-state index < -0.39 is 0 Å². The Morgan fingerprint density at radius 2 is 0.694 bits per heavy atom. The number of fused-ring (bicyclic) bond motifs is 3. The second-order valence-electron chi connectivity index (χ2n) is 12.1. The molecule has 9 aromatic rings. The summed E-state index contributed by atoms with van der Waals surface area (Å²) < 4.78 is 2.36. The fourth-order valence-electron chi connectivity index (χ4n) is 6.72. The van der Waals surface area contributed by atoms with Crippen LogP contribution in [0.5, 0.6) is 0 Å². The van der Waals surface area contributed by atoms with Gasteiger partial charge in [0, 0.05) is 33.2 Å².